The fourth-order valence-electron chi connectivity index (χ4n) is 1.49. The monoisotopic (exact) mass is 449 g/mol. The van der Waals surface area contributed by atoms with Gasteiger partial charge in [0.25, 0.3) is 5.91 Å². The van der Waals surface area contributed by atoms with Gasteiger partial charge in [-0.15, -0.1) is 0 Å². The van der Waals surface area contributed by atoms with Crippen LogP contribution in [0.3, 0.4) is 0 Å². The Morgan fingerprint density at radius 3 is 2.42 bits per heavy atom. The third-order valence-corrected chi connectivity index (χ3v) is 4.18. The van der Waals surface area contributed by atoms with Crippen molar-refractivity contribution in [2.75, 3.05) is 5.32 Å². The van der Waals surface area contributed by atoms with Crippen LogP contribution in [0.5, 0.6) is 0 Å². The lowest BCUT2D eigenvalue weighted by Crippen LogP contribution is -2.14. The van der Waals surface area contributed by atoms with E-state index in [2.05, 4.69) is 53.1 Å². The number of carbonyl (C=O) groups is 1. The molecule has 2 aromatic carbocycles. The second-order valence-corrected chi connectivity index (χ2v) is 6.30. The molecule has 6 heteroatoms. The Labute approximate surface area is 134 Å². The highest BCUT2D eigenvalue weighted by molar-refractivity contribution is 9.11. The molecule has 0 heterocycles. The van der Waals surface area contributed by atoms with Crippen LogP contribution in [0, 0.1) is 5.82 Å². The molecule has 0 aliphatic carbocycles. The quantitative estimate of drug-likeness (QED) is 0.653. The summed E-state index contributed by atoms with van der Waals surface area (Å²) in [5.41, 5.74) is 0.556. The number of halogens is 4. The summed E-state index contributed by atoms with van der Waals surface area (Å²) in [6.07, 6.45) is 0. The van der Waals surface area contributed by atoms with Crippen molar-refractivity contribution in [3.05, 3.63) is 61.2 Å². The highest BCUT2D eigenvalue weighted by Gasteiger charge is 2.16. The standard InChI is InChI=1S/C13H7Br3FNO/c14-7-4-5-11(9(16)6-7)18-13(19)12-8(15)2-1-3-10(12)17/h1-6H,(H,18,19). The Morgan fingerprint density at radius 2 is 1.79 bits per heavy atom. The summed E-state index contributed by atoms with van der Waals surface area (Å²) in [5, 5.41) is 2.66. The average Bonchev–Trinajstić information content (AvgIpc) is 2.32. The van der Waals surface area contributed by atoms with Crippen LogP contribution >= 0.6 is 47.8 Å². The van der Waals surface area contributed by atoms with E-state index in [0.717, 1.165) is 4.47 Å². The molecule has 0 unspecified atom stereocenters. The molecule has 2 aromatic rings. The third-order valence-electron chi connectivity index (χ3n) is 2.37. The molecule has 0 aliphatic rings. The molecule has 0 aliphatic heterocycles. The molecule has 0 atom stereocenters. The van der Waals surface area contributed by atoms with Gasteiger partial charge in [0.1, 0.15) is 5.82 Å². The highest BCUT2D eigenvalue weighted by atomic mass is 79.9. The average molecular weight is 452 g/mol. The molecule has 0 fully saturated rings. The Kier molecular flexibility index (Phi) is 4.76. The van der Waals surface area contributed by atoms with Gasteiger partial charge in [-0.2, -0.15) is 0 Å². The van der Waals surface area contributed by atoms with Crippen molar-refractivity contribution in [3.63, 3.8) is 0 Å². The number of rotatable bonds is 2. The van der Waals surface area contributed by atoms with Crippen LogP contribution < -0.4 is 5.32 Å². The maximum Gasteiger partial charge on any atom is 0.259 e. The van der Waals surface area contributed by atoms with Gasteiger partial charge in [0.05, 0.1) is 11.3 Å². The number of nitrogens with one attached hydrogen (secondary N) is 1. The Balaban J connectivity index is 2.31. The molecule has 1 amide bonds. The number of anilines is 1. The zero-order valence-electron chi connectivity index (χ0n) is 9.38. The van der Waals surface area contributed by atoms with Crippen LogP contribution in [-0.2, 0) is 0 Å². The van der Waals surface area contributed by atoms with Crippen LogP contribution in [0.1, 0.15) is 10.4 Å². The molecule has 0 saturated carbocycles. The normalized spacial score (nSPS) is 10.3. The summed E-state index contributed by atoms with van der Waals surface area (Å²) in [7, 11) is 0. The van der Waals surface area contributed by atoms with E-state index in [4.69, 9.17) is 0 Å². The minimum atomic E-state index is -0.569. The summed E-state index contributed by atoms with van der Waals surface area (Å²) in [5.74, 6) is -1.08. The molecule has 0 bridgehead atoms. The number of benzene rings is 2. The molecule has 19 heavy (non-hydrogen) atoms. The van der Waals surface area contributed by atoms with E-state index in [1.807, 2.05) is 0 Å². The fraction of sp³-hybridized carbons (Fsp3) is 0. The minimum Gasteiger partial charge on any atom is -0.321 e. The van der Waals surface area contributed by atoms with Gasteiger partial charge in [0.15, 0.2) is 0 Å². The van der Waals surface area contributed by atoms with Crippen LogP contribution in [0.15, 0.2) is 49.8 Å². The van der Waals surface area contributed by atoms with Gasteiger partial charge in [-0.05, 0) is 62.2 Å². The Hall–Kier alpha value is -0.720. The first-order valence-corrected chi connectivity index (χ1v) is 7.57. The van der Waals surface area contributed by atoms with Crippen LogP contribution in [0.25, 0.3) is 0 Å². The van der Waals surface area contributed by atoms with E-state index in [1.54, 1.807) is 24.3 Å². The summed E-state index contributed by atoms with van der Waals surface area (Å²) in [6, 6.07) is 9.71. The molecule has 0 aromatic heterocycles. The third kappa shape index (κ3) is 3.43. The molecule has 2 nitrogen and oxygen atoms in total. The fourth-order valence-corrected chi connectivity index (χ4v) is 3.16. The zero-order chi connectivity index (χ0) is 14.0. The summed E-state index contributed by atoms with van der Waals surface area (Å²) in [6.45, 7) is 0. The van der Waals surface area contributed by atoms with Crippen molar-refractivity contribution < 1.29 is 9.18 Å². The minimum absolute atomic E-state index is 0.0164. The Morgan fingerprint density at radius 1 is 1.05 bits per heavy atom. The molecule has 0 saturated heterocycles. The first-order valence-electron chi connectivity index (χ1n) is 5.19. The van der Waals surface area contributed by atoms with Crippen molar-refractivity contribution in [3.8, 4) is 0 Å². The second-order valence-electron chi connectivity index (χ2n) is 3.67. The van der Waals surface area contributed by atoms with E-state index < -0.39 is 11.7 Å². The number of amides is 1. The predicted octanol–water partition coefficient (Wildman–Crippen LogP) is 5.37. The van der Waals surface area contributed by atoms with Crippen LogP contribution in [0.4, 0.5) is 10.1 Å². The van der Waals surface area contributed by atoms with Gasteiger partial charge in [0, 0.05) is 13.4 Å². The van der Waals surface area contributed by atoms with Crippen molar-refractivity contribution in [1.82, 2.24) is 0 Å². The SMILES string of the molecule is O=C(Nc1ccc(Br)cc1Br)c1c(F)cccc1Br. The van der Waals surface area contributed by atoms with Gasteiger partial charge >= 0.3 is 0 Å². The van der Waals surface area contributed by atoms with Crippen molar-refractivity contribution >= 4 is 59.4 Å². The molecular weight excluding hydrogens is 445 g/mol. The van der Waals surface area contributed by atoms with E-state index in [9.17, 15) is 9.18 Å². The van der Waals surface area contributed by atoms with Gasteiger partial charge in [-0.1, -0.05) is 22.0 Å². The lowest BCUT2D eigenvalue weighted by molar-refractivity contribution is 0.102. The highest BCUT2D eigenvalue weighted by Crippen LogP contribution is 2.28. The van der Waals surface area contributed by atoms with Crippen molar-refractivity contribution in [2.24, 2.45) is 0 Å². The van der Waals surface area contributed by atoms with Crippen LogP contribution in [0.2, 0.25) is 0 Å². The lowest BCUT2D eigenvalue weighted by atomic mass is 10.2. The smallest absolute Gasteiger partial charge is 0.259 e. The summed E-state index contributed by atoms with van der Waals surface area (Å²) >= 11 is 9.83. The molecule has 0 spiro atoms. The van der Waals surface area contributed by atoms with Gasteiger partial charge in [-0.25, -0.2) is 4.39 Å². The van der Waals surface area contributed by atoms with Gasteiger partial charge in [-0.3, -0.25) is 4.79 Å². The number of hydrogen-bond donors (Lipinski definition) is 1. The van der Waals surface area contributed by atoms with Crippen LogP contribution in [-0.4, -0.2) is 5.91 Å². The maximum atomic E-state index is 13.7. The second kappa shape index (κ2) is 6.15. The molecular formula is C13H7Br3FNO. The Bertz CT molecular complexity index is 626. The first kappa shape index (κ1) is 14.7. The van der Waals surface area contributed by atoms with Gasteiger partial charge < -0.3 is 5.32 Å². The van der Waals surface area contributed by atoms with Gasteiger partial charge in [0.2, 0.25) is 0 Å². The summed E-state index contributed by atoms with van der Waals surface area (Å²) < 4.78 is 15.7. The largest absolute Gasteiger partial charge is 0.321 e. The topological polar surface area (TPSA) is 29.1 Å². The van der Waals surface area contributed by atoms with E-state index in [1.165, 1.54) is 12.1 Å². The lowest BCUT2D eigenvalue weighted by Gasteiger charge is -2.09. The first-order chi connectivity index (χ1) is 8.99. The molecule has 98 valence electrons. The zero-order valence-corrected chi connectivity index (χ0v) is 14.1. The summed E-state index contributed by atoms with van der Waals surface area (Å²) in [4.78, 5) is 12.1. The van der Waals surface area contributed by atoms with E-state index in [0.29, 0.717) is 14.6 Å². The van der Waals surface area contributed by atoms with E-state index >= 15 is 0 Å². The molecule has 2 rings (SSSR count). The molecule has 1 N–H and O–H groups in total. The van der Waals surface area contributed by atoms with E-state index in [-0.39, 0.29) is 5.56 Å². The van der Waals surface area contributed by atoms with Crippen molar-refractivity contribution in [1.29, 1.82) is 0 Å². The van der Waals surface area contributed by atoms with Crippen molar-refractivity contribution in [2.45, 2.75) is 0 Å². The molecule has 0 radical (unpaired) electrons. The maximum absolute atomic E-state index is 13.7. The predicted molar refractivity (Wildman–Crippen MR) is 83.9 cm³/mol. The number of carbonyl (C=O) groups excluding carboxylic acids is 1. The number of hydrogen-bond acceptors (Lipinski definition) is 1.